The number of nitrogens with one attached hydrogen (secondary N) is 3. The fourth-order valence-corrected chi connectivity index (χ4v) is 3.76. The molecule has 29 heavy (non-hydrogen) atoms. The van der Waals surface area contributed by atoms with Gasteiger partial charge in [0, 0.05) is 12.6 Å². The van der Waals surface area contributed by atoms with Crippen LogP contribution in [0.3, 0.4) is 0 Å². The van der Waals surface area contributed by atoms with Gasteiger partial charge in [-0.15, -0.1) is 5.10 Å². The molecule has 0 saturated carbocycles. The van der Waals surface area contributed by atoms with E-state index in [0.717, 1.165) is 19.6 Å². The molecule has 2 aromatic rings. The molecule has 2 amide bonds. The molecule has 1 aromatic heterocycles. The Morgan fingerprint density at radius 2 is 2.03 bits per heavy atom. The molecule has 1 atom stereocenters. The average Bonchev–Trinajstić information content (AvgIpc) is 3.02. The Balaban J connectivity index is 1.54. The smallest absolute Gasteiger partial charge is 0.388 e. The monoisotopic (exact) mass is 483 g/mol. The first-order chi connectivity index (χ1) is 13.9. The number of aromatic nitrogens is 2. The molecule has 0 aliphatic carbocycles. The highest BCUT2D eigenvalue weighted by atomic mass is 79.9. The second kappa shape index (κ2) is 10.1. The number of benzene rings is 1. The van der Waals surface area contributed by atoms with Crippen molar-refractivity contribution < 1.29 is 14.3 Å². The van der Waals surface area contributed by atoms with Crippen LogP contribution in [0.25, 0.3) is 0 Å². The van der Waals surface area contributed by atoms with Crippen LogP contribution in [-0.4, -0.2) is 52.8 Å². The highest BCUT2D eigenvalue weighted by Gasteiger charge is 2.20. The van der Waals surface area contributed by atoms with E-state index in [0.29, 0.717) is 15.1 Å². The number of hydrogen-bond donors (Lipinski definition) is 3. The third kappa shape index (κ3) is 5.94. The molecule has 0 unspecified atom stereocenters. The minimum Gasteiger partial charge on any atom is -0.388 e. The summed E-state index contributed by atoms with van der Waals surface area (Å²) in [5.74, 6) is -0.118. The zero-order valence-electron chi connectivity index (χ0n) is 16.0. The van der Waals surface area contributed by atoms with Crippen LogP contribution < -0.4 is 15.4 Å². The van der Waals surface area contributed by atoms with Gasteiger partial charge in [-0.25, -0.2) is 4.79 Å². The van der Waals surface area contributed by atoms with Gasteiger partial charge in [-0.2, -0.15) is 0 Å². The maximum absolute atomic E-state index is 12.4. The zero-order valence-corrected chi connectivity index (χ0v) is 18.3. The summed E-state index contributed by atoms with van der Waals surface area (Å²) in [6.45, 7) is 4.82. The van der Waals surface area contributed by atoms with Crippen LogP contribution in [0.1, 0.15) is 36.5 Å². The van der Waals surface area contributed by atoms with E-state index in [4.69, 9.17) is 16.3 Å². The van der Waals surface area contributed by atoms with Gasteiger partial charge in [0.1, 0.15) is 10.3 Å². The lowest BCUT2D eigenvalue weighted by atomic mass is 10.1. The van der Waals surface area contributed by atoms with Gasteiger partial charge in [0.15, 0.2) is 0 Å². The number of amides is 2. The molecule has 1 saturated heterocycles. The molecule has 1 aromatic carbocycles. The van der Waals surface area contributed by atoms with Gasteiger partial charge in [0.05, 0.1) is 10.6 Å². The standard InChI is InChI=1S/C19H23BrClN5O3/c1-12(11-26-9-5-2-6-10-26)22-19(28)29-18-15(20)16(24-25-18)23-17(27)13-7-3-4-8-14(13)21/h3-4,7-8,12H,2,5-6,9-11H2,1H3,(H,22,28)(H2,23,24,25,27)/t12-/m1/s1. The first-order valence-electron chi connectivity index (χ1n) is 9.44. The number of H-pyrrole nitrogens is 1. The fraction of sp³-hybridized carbons (Fsp3) is 0.421. The summed E-state index contributed by atoms with van der Waals surface area (Å²) in [6, 6.07) is 6.63. The molecule has 0 spiro atoms. The number of rotatable bonds is 6. The molecular formula is C19H23BrClN5O3. The van der Waals surface area contributed by atoms with Gasteiger partial charge in [-0.1, -0.05) is 30.2 Å². The SMILES string of the molecule is C[C@H](CN1CCCCC1)NC(=O)Oc1n[nH]c(NC(=O)c2ccccc2Cl)c1Br. The lowest BCUT2D eigenvalue weighted by Crippen LogP contribution is -2.44. The number of piperidine rings is 1. The van der Waals surface area contributed by atoms with Gasteiger partial charge in [0.25, 0.3) is 11.8 Å². The number of hydrogen-bond acceptors (Lipinski definition) is 5. The normalized spacial score (nSPS) is 15.6. The van der Waals surface area contributed by atoms with E-state index >= 15 is 0 Å². The predicted molar refractivity (Wildman–Crippen MR) is 115 cm³/mol. The Morgan fingerprint density at radius 3 is 2.76 bits per heavy atom. The van der Waals surface area contributed by atoms with Gasteiger partial charge in [0.2, 0.25) is 0 Å². The summed E-state index contributed by atoms with van der Waals surface area (Å²) >= 11 is 9.33. The van der Waals surface area contributed by atoms with Crippen LogP contribution >= 0.6 is 27.5 Å². The van der Waals surface area contributed by atoms with E-state index in [-0.39, 0.29) is 17.7 Å². The molecule has 1 aliphatic heterocycles. The van der Waals surface area contributed by atoms with E-state index in [1.807, 2.05) is 6.92 Å². The van der Waals surface area contributed by atoms with Crippen molar-refractivity contribution in [3.05, 3.63) is 39.3 Å². The molecule has 156 valence electrons. The Kier molecular flexibility index (Phi) is 7.51. The minimum absolute atomic E-state index is 0.0298. The second-order valence-corrected chi connectivity index (χ2v) is 8.15. The Labute approximate surface area is 182 Å². The molecule has 0 bridgehead atoms. The van der Waals surface area contributed by atoms with Gasteiger partial charge in [-0.3, -0.25) is 9.89 Å². The number of anilines is 1. The lowest BCUT2D eigenvalue weighted by Gasteiger charge is -2.29. The van der Waals surface area contributed by atoms with Gasteiger partial charge >= 0.3 is 6.09 Å². The van der Waals surface area contributed by atoms with Crippen molar-refractivity contribution in [3.63, 3.8) is 0 Å². The number of aromatic amines is 1. The summed E-state index contributed by atoms with van der Waals surface area (Å²) in [6.07, 6.45) is 3.05. The fourth-order valence-electron chi connectivity index (χ4n) is 3.18. The molecule has 10 heteroatoms. The van der Waals surface area contributed by atoms with E-state index in [9.17, 15) is 9.59 Å². The largest absolute Gasteiger partial charge is 0.414 e. The van der Waals surface area contributed by atoms with Crippen LogP contribution in [0.15, 0.2) is 28.7 Å². The van der Waals surface area contributed by atoms with E-state index in [1.54, 1.807) is 24.3 Å². The molecular weight excluding hydrogens is 462 g/mol. The number of ether oxygens (including phenoxy) is 1. The van der Waals surface area contributed by atoms with Crippen molar-refractivity contribution >= 4 is 45.3 Å². The summed E-state index contributed by atoms with van der Waals surface area (Å²) < 4.78 is 5.59. The van der Waals surface area contributed by atoms with Crippen molar-refractivity contribution in [2.75, 3.05) is 25.0 Å². The lowest BCUT2D eigenvalue weighted by molar-refractivity contribution is 0.102. The first kappa shape index (κ1) is 21.6. The van der Waals surface area contributed by atoms with E-state index in [2.05, 4.69) is 41.7 Å². The molecule has 3 N–H and O–H groups in total. The van der Waals surface area contributed by atoms with Crippen molar-refractivity contribution in [1.82, 2.24) is 20.4 Å². The van der Waals surface area contributed by atoms with Crippen LogP contribution in [-0.2, 0) is 0 Å². The van der Waals surface area contributed by atoms with Crippen LogP contribution in [0.2, 0.25) is 5.02 Å². The number of halogens is 2. The minimum atomic E-state index is -0.606. The number of carbonyl (C=O) groups excluding carboxylic acids is 2. The molecule has 1 fully saturated rings. The van der Waals surface area contributed by atoms with Crippen molar-refractivity contribution in [2.45, 2.75) is 32.2 Å². The van der Waals surface area contributed by atoms with Crippen molar-refractivity contribution in [3.8, 4) is 5.88 Å². The predicted octanol–water partition coefficient (Wildman–Crippen LogP) is 4.04. The van der Waals surface area contributed by atoms with Gasteiger partial charge in [-0.05, 0) is 60.9 Å². The third-order valence-corrected chi connectivity index (χ3v) is 5.63. The summed E-state index contributed by atoms with van der Waals surface area (Å²) in [5, 5.41) is 12.4. The number of likely N-dealkylation sites (tertiary alicyclic amines) is 1. The Hall–Kier alpha value is -2.10. The van der Waals surface area contributed by atoms with Crippen LogP contribution in [0.5, 0.6) is 5.88 Å². The maximum Gasteiger partial charge on any atom is 0.414 e. The first-order valence-corrected chi connectivity index (χ1v) is 10.6. The summed E-state index contributed by atoms with van der Waals surface area (Å²) in [5.41, 5.74) is 0.322. The number of carbonyl (C=O) groups is 2. The van der Waals surface area contributed by atoms with Crippen molar-refractivity contribution in [2.24, 2.45) is 0 Å². The molecule has 3 rings (SSSR count). The Morgan fingerprint density at radius 1 is 1.31 bits per heavy atom. The maximum atomic E-state index is 12.4. The topological polar surface area (TPSA) is 99.3 Å². The average molecular weight is 485 g/mol. The van der Waals surface area contributed by atoms with E-state index < -0.39 is 12.0 Å². The summed E-state index contributed by atoms with van der Waals surface area (Å²) in [4.78, 5) is 26.9. The Bertz CT molecular complexity index is 869. The number of nitrogens with zero attached hydrogens (tertiary/aromatic N) is 2. The highest BCUT2D eigenvalue weighted by Crippen LogP contribution is 2.30. The highest BCUT2D eigenvalue weighted by molar-refractivity contribution is 9.10. The van der Waals surface area contributed by atoms with E-state index in [1.165, 1.54) is 19.3 Å². The second-order valence-electron chi connectivity index (χ2n) is 6.95. The quantitative estimate of drug-likeness (QED) is 0.575. The zero-order chi connectivity index (χ0) is 20.8. The van der Waals surface area contributed by atoms with Crippen molar-refractivity contribution in [1.29, 1.82) is 0 Å². The third-order valence-electron chi connectivity index (χ3n) is 4.57. The molecule has 0 radical (unpaired) electrons. The van der Waals surface area contributed by atoms with Gasteiger partial charge < -0.3 is 20.3 Å². The van der Waals surface area contributed by atoms with Crippen LogP contribution in [0.4, 0.5) is 10.6 Å². The molecule has 2 heterocycles. The van der Waals surface area contributed by atoms with Crippen LogP contribution in [0, 0.1) is 0 Å². The summed E-state index contributed by atoms with van der Waals surface area (Å²) in [7, 11) is 0. The molecule has 1 aliphatic rings. The molecule has 8 nitrogen and oxygen atoms in total.